The molecule has 1 aliphatic heterocycles. The first-order valence-electron chi connectivity index (χ1n) is 11.5. The molecule has 0 saturated carbocycles. The molecule has 4 N–H and O–H groups in total. The first-order valence-corrected chi connectivity index (χ1v) is 11.5. The summed E-state index contributed by atoms with van der Waals surface area (Å²) >= 11 is 0. The van der Waals surface area contributed by atoms with Gasteiger partial charge in [0.05, 0.1) is 11.6 Å². The van der Waals surface area contributed by atoms with Crippen molar-refractivity contribution in [2.75, 3.05) is 40.3 Å². The summed E-state index contributed by atoms with van der Waals surface area (Å²) < 4.78 is 5.91. The number of carbonyl (C=O) groups is 2. The molecule has 1 atom stereocenters. The average Bonchev–Trinajstić information content (AvgIpc) is 2.83. The topological polar surface area (TPSA) is 115 Å². The van der Waals surface area contributed by atoms with Gasteiger partial charge in [-0.3, -0.25) is 4.79 Å². The molecule has 1 fully saturated rings. The van der Waals surface area contributed by atoms with Crippen molar-refractivity contribution in [1.82, 2.24) is 15.5 Å². The van der Waals surface area contributed by atoms with Crippen molar-refractivity contribution in [3.63, 3.8) is 0 Å². The number of aromatic hydroxyl groups is 1. The van der Waals surface area contributed by atoms with Crippen LogP contribution in [0.25, 0.3) is 10.8 Å². The Bertz CT molecular complexity index is 986. The van der Waals surface area contributed by atoms with Gasteiger partial charge >= 0.3 is 0 Å². The normalized spacial score (nSPS) is 15.8. The van der Waals surface area contributed by atoms with E-state index in [9.17, 15) is 14.7 Å². The second-order valence-corrected chi connectivity index (χ2v) is 8.59. The standard InChI is InChI=1S/C25H34N4O4/c1-27-23(32)8-4-18(16-30)25(26)24-21-6-5-20(15-17(21)3-7-22(24)31)33-14-11-28-19-9-12-29(2)13-10-19/h3,5-7,15-16,18-19,26,28,31H,4,8-14H2,1-2H3,(H,27,32). The smallest absolute Gasteiger partial charge is 0.219 e. The number of likely N-dealkylation sites (tertiary alicyclic amines) is 1. The summed E-state index contributed by atoms with van der Waals surface area (Å²) in [5, 5.41) is 26.5. The number of carbonyl (C=O) groups excluding carboxylic acids is 2. The molecule has 0 aliphatic carbocycles. The molecule has 2 aromatic rings. The van der Waals surface area contributed by atoms with E-state index in [2.05, 4.69) is 22.6 Å². The first-order chi connectivity index (χ1) is 15.9. The van der Waals surface area contributed by atoms with Gasteiger partial charge in [0.2, 0.25) is 5.91 Å². The van der Waals surface area contributed by atoms with Crippen LogP contribution in [0, 0.1) is 11.3 Å². The molecule has 8 nitrogen and oxygen atoms in total. The number of amides is 1. The van der Waals surface area contributed by atoms with Gasteiger partial charge in [0.1, 0.15) is 24.4 Å². The Morgan fingerprint density at radius 3 is 2.76 bits per heavy atom. The average molecular weight is 455 g/mol. The zero-order valence-electron chi connectivity index (χ0n) is 19.4. The van der Waals surface area contributed by atoms with Crippen LogP contribution in [0.1, 0.15) is 31.2 Å². The number of phenols is 1. The molecule has 0 aromatic heterocycles. The molecule has 1 saturated heterocycles. The molecule has 1 heterocycles. The van der Waals surface area contributed by atoms with Gasteiger partial charge in [0.15, 0.2) is 0 Å². The van der Waals surface area contributed by atoms with Gasteiger partial charge in [-0.1, -0.05) is 6.07 Å². The van der Waals surface area contributed by atoms with E-state index in [0.717, 1.165) is 37.9 Å². The van der Waals surface area contributed by atoms with E-state index in [1.165, 1.54) is 13.1 Å². The Balaban J connectivity index is 1.65. The molecular weight excluding hydrogens is 420 g/mol. The number of aldehydes is 1. The van der Waals surface area contributed by atoms with Crippen LogP contribution in [0.15, 0.2) is 30.3 Å². The number of hydrogen-bond acceptors (Lipinski definition) is 7. The lowest BCUT2D eigenvalue weighted by atomic mass is 9.90. The van der Waals surface area contributed by atoms with Crippen molar-refractivity contribution in [2.24, 2.45) is 5.92 Å². The second-order valence-electron chi connectivity index (χ2n) is 8.59. The number of phenolic OH excluding ortho intramolecular Hbond substituents is 1. The molecule has 2 aromatic carbocycles. The third-order valence-electron chi connectivity index (χ3n) is 6.26. The number of nitrogens with one attached hydrogen (secondary N) is 3. The van der Waals surface area contributed by atoms with E-state index in [1.54, 1.807) is 12.1 Å². The number of ether oxygens (including phenoxy) is 1. The molecule has 0 bridgehead atoms. The zero-order valence-corrected chi connectivity index (χ0v) is 19.4. The molecule has 1 unspecified atom stereocenters. The molecule has 3 rings (SSSR count). The van der Waals surface area contributed by atoms with Crippen LogP contribution in [0.5, 0.6) is 11.5 Å². The summed E-state index contributed by atoms with van der Waals surface area (Å²) in [6.07, 6.45) is 3.31. The van der Waals surface area contributed by atoms with Crippen LogP contribution in [0.3, 0.4) is 0 Å². The SMILES string of the molecule is CNC(=O)CCC(C=O)C(=N)c1c(O)ccc2cc(OCCNC3CCN(C)CC3)ccc12. The van der Waals surface area contributed by atoms with Crippen molar-refractivity contribution in [3.8, 4) is 11.5 Å². The van der Waals surface area contributed by atoms with E-state index < -0.39 is 5.92 Å². The summed E-state index contributed by atoms with van der Waals surface area (Å²) in [7, 11) is 3.68. The Hall–Kier alpha value is -2.97. The third kappa shape index (κ3) is 6.52. The second kappa shape index (κ2) is 11.8. The Morgan fingerprint density at radius 2 is 2.06 bits per heavy atom. The summed E-state index contributed by atoms with van der Waals surface area (Å²) in [5.74, 6) is -0.318. The lowest BCUT2D eigenvalue weighted by molar-refractivity contribution is -0.120. The Morgan fingerprint density at radius 1 is 1.30 bits per heavy atom. The first kappa shape index (κ1) is 24.7. The maximum Gasteiger partial charge on any atom is 0.219 e. The van der Waals surface area contributed by atoms with Crippen molar-refractivity contribution in [2.45, 2.75) is 31.7 Å². The van der Waals surface area contributed by atoms with Crippen LogP contribution < -0.4 is 15.4 Å². The van der Waals surface area contributed by atoms with Crippen LogP contribution >= 0.6 is 0 Å². The van der Waals surface area contributed by atoms with Crippen LogP contribution in [-0.2, 0) is 9.59 Å². The van der Waals surface area contributed by atoms with E-state index in [1.807, 2.05) is 12.1 Å². The van der Waals surface area contributed by atoms with Crippen LogP contribution in [-0.4, -0.2) is 74.3 Å². The van der Waals surface area contributed by atoms with E-state index in [-0.39, 0.29) is 30.2 Å². The molecule has 1 amide bonds. The fourth-order valence-electron chi connectivity index (χ4n) is 4.19. The fraction of sp³-hybridized carbons (Fsp3) is 0.480. The quantitative estimate of drug-likeness (QED) is 0.235. The Kier molecular flexibility index (Phi) is 8.79. The van der Waals surface area contributed by atoms with Gasteiger partial charge in [-0.15, -0.1) is 0 Å². The molecular formula is C25H34N4O4. The Labute approximate surface area is 194 Å². The lowest BCUT2D eigenvalue weighted by Crippen LogP contribution is -2.42. The fourth-order valence-corrected chi connectivity index (χ4v) is 4.19. The summed E-state index contributed by atoms with van der Waals surface area (Å²) in [6, 6.07) is 9.33. The number of piperidine rings is 1. The highest BCUT2D eigenvalue weighted by atomic mass is 16.5. The summed E-state index contributed by atoms with van der Waals surface area (Å²) in [5.41, 5.74) is 0.324. The van der Waals surface area contributed by atoms with Crippen molar-refractivity contribution < 1.29 is 19.4 Å². The monoisotopic (exact) mass is 454 g/mol. The largest absolute Gasteiger partial charge is 0.507 e. The van der Waals surface area contributed by atoms with E-state index >= 15 is 0 Å². The number of nitrogens with zero attached hydrogens (tertiary/aromatic N) is 1. The van der Waals surface area contributed by atoms with Gasteiger partial charge in [-0.05, 0) is 74.4 Å². The predicted molar refractivity (Wildman–Crippen MR) is 129 cm³/mol. The minimum Gasteiger partial charge on any atom is -0.507 e. The van der Waals surface area contributed by atoms with E-state index in [0.29, 0.717) is 35.6 Å². The van der Waals surface area contributed by atoms with Gasteiger partial charge in [-0.2, -0.15) is 0 Å². The minimum atomic E-state index is -0.777. The zero-order chi connectivity index (χ0) is 23.8. The lowest BCUT2D eigenvalue weighted by Gasteiger charge is -2.29. The van der Waals surface area contributed by atoms with Crippen molar-refractivity contribution in [1.29, 1.82) is 5.41 Å². The highest BCUT2D eigenvalue weighted by Gasteiger charge is 2.22. The maximum atomic E-state index is 11.6. The number of fused-ring (bicyclic) bond motifs is 1. The van der Waals surface area contributed by atoms with Crippen LogP contribution in [0.2, 0.25) is 0 Å². The highest BCUT2D eigenvalue weighted by molar-refractivity contribution is 6.16. The molecule has 0 radical (unpaired) electrons. The molecule has 33 heavy (non-hydrogen) atoms. The maximum absolute atomic E-state index is 11.6. The third-order valence-corrected chi connectivity index (χ3v) is 6.26. The number of rotatable bonds is 11. The van der Waals surface area contributed by atoms with Gasteiger partial charge in [0, 0.05) is 31.6 Å². The summed E-state index contributed by atoms with van der Waals surface area (Å²) in [4.78, 5) is 25.5. The molecule has 0 spiro atoms. The minimum absolute atomic E-state index is 0.00741. The van der Waals surface area contributed by atoms with E-state index in [4.69, 9.17) is 10.1 Å². The van der Waals surface area contributed by atoms with Crippen LogP contribution in [0.4, 0.5) is 0 Å². The number of hydrogen-bond donors (Lipinski definition) is 4. The molecule has 8 heteroatoms. The summed E-state index contributed by atoms with van der Waals surface area (Å²) in [6.45, 7) is 3.55. The molecule has 178 valence electrons. The van der Waals surface area contributed by atoms with Crippen molar-refractivity contribution >= 4 is 28.7 Å². The highest BCUT2D eigenvalue weighted by Crippen LogP contribution is 2.32. The molecule has 1 aliphatic rings. The predicted octanol–water partition coefficient (Wildman–Crippen LogP) is 2.32. The number of benzene rings is 2. The van der Waals surface area contributed by atoms with Gasteiger partial charge in [0.25, 0.3) is 0 Å². The van der Waals surface area contributed by atoms with Gasteiger partial charge < -0.3 is 35.6 Å². The van der Waals surface area contributed by atoms with Gasteiger partial charge in [-0.25, -0.2) is 0 Å². The van der Waals surface area contributed by atoms with Crippen molar-refractivity contribution in [3.05, 3.63) is 35.9 Å².